The second-order valence-electron chi connectivity index (χ2n) is 7.16. The van der Waals surface area contributed by atoms with Gasteiger partial charge in [0.05, 0.1) is 25.8 Å². The van der Waals surface area contributed by atoms with Gasteiger partial charge in [-0.15, -0.1) is 0 Å². The molecule has 0 spiro atoms. The van der Waals surface area contributed by atoms with Crippen LogP contribution in [0.3, 0.4) is 0 Å². The number of nitrogens with one attached hydrogen (secondary N) is 2. The Balaban J connectivity index is 1.44. The monoisotopic (exact) mass is 406 g/mol. The minimum Gasteiger partial charge on any atom is -0.496 e. The molecule has 0 aliphatic carbocycles. The third-order valence-electron chi connectivity index (χ3n) is 5.22. The maximum Gasteiger partial charge on any atom is 0.325 e. The zero-order chi connectivity index (χ0) is 21.3. The number of urea groups is 1. The van der Waals surface area contributed by atoms with Gasteiger partial charge in [-0.05, 0) is 24.3 Å². The number of fused-ring (bicyclic) bond motifs is 1. The highest BCUT2D eigenvalue weighted by atomic mass is 16.5. The summed E-state index contributed by atoms with van der Waals surface area (Å²) in [6, 6.07) is 13.3. The minimum atomic E-state index is -0.901. The third-order valence-corrected chi connectivity index (χ3v) is 5.22. The Bertz CT molecular complexity index is 1140. The predicted octanol–water partition coefficient (Wildman–Crippen LogP) is 2.64. The summed E-state index contributed by atoms with van der Waals surface area (Å²) in [6.07, 6.45) is 1.77. The molecule has 2 heterocycles. The van der Waals surface area contributed by atoms with E-state index in [1.807, 2.05) is 54.2 Å². The number of amides is 4. The van der Waals surface area contributed by atoms with E-state index < -0.39 is 18.0 Å². The van der Waals surface area contributed by atoms with Crippen LogP contribution >= 0.6 is 0 Å². The van der Waals surface area contributed by atoms with Crippen molar-refractivity contribution in [2.24, 2.45) is 7.05 Å². The van der Waals surface area contributed by atoms with Crippen molar-refractivity contribution in [3.05, 3.63) is 60.3 Å². The third kappa shape index (κ3) is 3.59. The van der Waals surface area contributed by atoms with Crippen molar-refractivity contribution in [3.8, 4) is 5.75 Å². The van der Waals surface area contributed by atoms with Crippen LogP contribution < -0.4 is 15.4 Å². The smallest absolute Gasteiger partial charge is 0.325 e. The zero-order valence-corrected chi connectivity index (χ0v) is 16.7. The van der Waals surface area contributed by atoms with Gasteiger partial charge in [0.2, 0.25) is 5.91 Å². The molecule has 1 aromatic heterocycles. The lowest BCUT2D eigenvalue weighted by molar-refractivity contribution is -0.130. The summed E-state index contributed by atoms with van der Waals surface area (Å²) < 4.78 is 7.24. The molecule has 0 bridgehead atoms. The number of ether oxygens (including phenoxy) is 1. The van der Waals surface area contributed by atoms with Gasteiger partial charge in [-0.25, -0.2) is 4.79 Å². The highest BCUT2D eigenvalue weighted by Gasteiger charge is 2.39. The van der Waals surface area contributed by atoms with Crippen LogP contribution in [0.5, 0.6) is 5.75 Å². The van der Waals surface area contributed by atoms with Crippen LogP contribution in [0.2, 0.25) is 0 Å². The molecule has 4 amide bonds. The van der Waals surface area contributed by atoms with Crippen LogP contribution in [0, 0.1) is 0 Å². The first-order valence-corrected chi connectivity index (χ1v) is 9.55. The molecule has 2 N–H and O–H groups in total. The summed E-state index contributed by atoms with van der Waals surface area (Å²) in [5, 5.41) is 6.36. The first-order chi connectivity index (χ1) is 14.5. The highest BCUT2D eigenvalue weighted by Crippen LogP contribution is 2.25. The van der Waals surface area contributed by atoms with E-state index in [2.05, 4.69) is 10.6 Å². The number of para-hydroxylation sites is 1. The number of aromatic nitrogens is 1. The first kappa shape index (κ1) is 19.5. The van der Waals surface area contributed by atoms with Gasteiger partial charge in [0.1, 0.15) is 11.8 Å². The van der Waals surface area contributed by atoms with Crippen LogP contribution in [-0.2, 0) is 23.2 Å². The fraction of sp³-hybridized carbons (Fsp3) is 0.227. The number of benzene rings is 2. The summed E-state index contributed by atoms with van der Waals surface area (Å²) in [4.78, 5) is 38.8. The Kier molecular flexibility index (Phi) is 5.14. The highest BCUT2D eigenvalue weighted by molar-refractivity contribution is 6.08. The number of anilines is 1. The first-order valence-electron chi connectivity index (χ1n) is 9.55. The van der Waals surface area contributed by atoms with Crippen LogP contribution in [0.1, 0.15) is 12.0 Å². The fourth-order valence-electron chi connectivity index (χ4n) is 3.67. The Labute approximate surface area is 173 Å². The molecule has 0 radical (unpaired) electrons. The lowest BCUT2D eigenvalue weighted by Crippen LogP contribution is -2.34. The molecule has 3 aromatic rings. The molecular formula is C22H22N4O4. The number of carbonyl (C=O) groups is 3. The maximum atomic E-state index is 12.7. The lowest BCUT2D eigenvalue weighted by Gasteiger charge is -2.15. The molecule has 1 unspecified atom stereocenters. The summed E-state index contributed by atoms with van der Waals surface area (Å²) in [5.74, 6) is -0.182. The number of nitrogens with zero attached hydrogens (tertiary/aromatic N) is 2. The Morgan fingerprint density at radius 3 is 2.73 bits per heavy atom. The summed E-state index contributed by atoms with van der Waals surface area (Å²) in [6.45, 7) is 0.0795. The number of methoxy groups -OCH3 is 1. The van der Waals surface area contributed by atoms with Gasteiger partial charge >= 0.3 is 6.03 Å². The molecule has 30 heavy (non-hydrogen) atoms. The number of aryl methyl sites for hydroxylation is 1. The Morgan fingerprint density at radius 2 is 1.93 bits per heavy atom. The molecule has 0 saturated carbocycles. The Hall–Kier alpha value is -3.81. The van der Waals surface area contributed by atoms with Crippen molar-refractivity contribution in [2.45, 2.75) is 19.0 Å². The molecule has 2 aromatic carbocycles. The number of hydrogen-bond acceptors (Lipinski definition) is 4. The Morgan fingerprint density at radius 1 is 1.13 bits per heavy atom. The molecule has 1 aliphatic rings. The lowest BCUT2D eigenvalue weighted by atomic mass is 10.1. The summed E-state index contributed by atoms with van der Waals surface area (Å²) >= 11 is 0. The van der Waals surface area contributed by atoms with E-state index in [0.29, 0.717) is 17.0 Å². The van der Waals surface area contributed by atoms with Crippen molar-refractivity contribution in [2.75, 3.05) is 12.4 Å². The standard InChI is InChI=1S/C22H22N4O4/c1-25-11-10-15-16(7-5-8-18(15)25)23-20(27)12-17-21(28)26(22(29)24-17)13-14-6-3-4-9-19(14)30-2/h3-11,17H,12-13H2,1-2H3,(H,23,27)(H,24,29). The van der Waals surface area contributed by atoms with E-state index >= 15 is 0 Å². The minimum absolute atomic E-state index is 0.0795. The molecule has 8 nitrogen and oxygen atoms in total. The molecule has 154 valence electrons. The van der Waals surface area contributed by atoms with Crippen LogP contribution in [0.4, 0.5) is 10.5 Å². The van der Waals surface area contributed by atoms with Crippen LogP contribution in [0.25, 0.3) is 10.9 Å². The number of hydrogen-bond donors (Lipinski definition) is 2. The molecule has 1 saturated heterocycles. The molecule has 1 aliphatic heterocycles. The summed E-state index contributed by atoms with van der Waals surface area (Å²) in [7, 11) is 3.46. The van der Waals surface area contributed by atoms with Crippen LogP contribution in [-0.4, -0.2) is 40.5 Å². The van der Waals surface area contributed by atoms with Crippen molar-refractivity contribution >= 4 is 34.4 Å². The van der Waals surface area contributed by atoms with Crippen molar-refractivity contribution in [3.63, 3.8) is 0 Å². The number of imide groups is 1. The van der Waals surface area contributed by atoms with E-state index in [1.165, 1.54) is 7.11 Å². The van der Waals surface area contributed by atoms with Crippen LogP contribution in [0.15, 0.2) is 54.7 Å². The average Bonchev–Trinajstić information content (AvgIpc) is 3.24. The molecular weight excluding hydrogens is 384 g/mol. The quantitative estimate of drug-likeness (QED) is 0.616. The van der Waals surface area contributed by atoms with Gasteiger partial charge in [-0.2, -0.15) is 0 Å². The van der Waals surface area contributed by atoms with E-state index in [-0.39, 0.29) is 18.9 Å². The molecule has 4 rings (SSSR count). The van der Waals surface area contributed by atoms with Gasteiger partial charge in [-0.1, -0.05) is 24.3 Å². The van der Waals surface area contributed by atoms with E-state index in [0.717, 1.165) is 15.8 Å². The maximum absolute atomic E-state index is 12.7. The van der Waals surface area contributed by atoms with E-state index in [9.17, 15) is 14.4 Å². The van der Waals surface area contributed by atoms with Gasteiger partial charge in [0.15, 0.2) is 0 Å². The topological polar surface area (TPSA) is 92.7 Å². The SMILES string of the molecule is COc1ccccc1CN1C(=O)NC(CC(=O)Nc2cccc3c2ccn3C)C1=O. The summed E-state index contributed by atoms with van der Waals surface area (Å²) in [5.41, 5.74) is 2.37. The van der Waals surface area contributed by atoms with E-state index in [1.54, 1.807) is 12.1 Å². The van der Waals surface area contributed by atoms with Gasteiger partial charge < -0.3 is 19.9 Å². The number of carbonyl (C=O) groups excluding carboxylic acids is 3. The number of rotatable bonds is 6. The van der Waals surface area contributed by atoms with Gasteiger partial charge in [0.25, 0.3) is 5.91 Å². The van der Waals surface area contributed by atoms with Gasteiger partial charge in [0, 0.05) is 29.7 Å². The van der Waals surface area contributed by atoms with E-state index in [4.69, 9.17) is 4.74 Å². The zero-order valence-electron chi connectivity index (χ0n) is 16.7. The van der Waals surface area contributed by atoms with Crippen molar-refractivity contribution in [1.29, 1.82) is 0 Å². The second-order valence-corrected chi connectivity index (χ2v) is 7.16. The largest absolute Gasteiger partial charge is 0.496 e. The second kappa shape index (κ2) is 7.90. The average molecular weight is 406 g/mol. The fourth-order valence-corrected chi connectivity index (χ4v) is 3.67. The molecule has 1 fully saturated rings. The van der Waals surface area contributed by atoms with Crippen molar-refractivity contribution < 1.29 is 19.1 Å². The molecule has 8 heteroatoms. The predicted molar refractivity (Wildman–Crippen MR) is 112 cm³/mol. The molecule has 1 atom stereocenters. The normalized spacial score (nSPS) is 16.1. The van der Waals surface area contributed by atoms with Crippen molar-refractivity contribution in [1.82, 2.24) is 14.8 Å². The van der Waals surface area contributed by atoms with Gasteiger partial charge in [-0.3, -0.25) is 14.5 Å².